The van der Waals surface area contributed by atoms with E-state index in [4.69, 9.17) is 4.74 Å². The molecule has 1 saturated carbocycles. The van der Waals surface area contributed by atoms with Gasteiger partial charge in [0.1, 0.15) is 0 Å². The summed E-state index contributed by atoms with van der Waals surface area (Å²) in [5.41, 5.74) is 0.276. The van der Waals surface area contributed by atoms with Crippen LogP contribution in [0.15, 0.2) is 0 Å². The minimum Gasteiger partial charge on any atom is -0.375 e. The van der Waals surface area contributed by atoms with Gasteiger partial charge in [-0.1, -0.05) is 12.8 Å². The van der Waals surface area contributed by atoms with Gasteiger partial charge in [-0.2, -0.15) is 0 Å². The Bertz CT molecular complexity index is 340. The first-order chi connectivity index (χ1) is 9.27. The first kappa shape index (κ1) is 12.6. The monoisotopic (exact) mass is 264 g/mol. The molecule has 0 aromatic heterocycles. The lowest BCUT2D eigenvalue weighted by molar-refractivity contribution is -0.103. The summed E-state index contributed by atoms with van der Waals surface area (Å²) >= 11 is 0. The maximum atomic E-state index is 6.21. The van der Waals surface area contributed by atoms with Crippen LogP contribution in [0.1, 0.15) is 45.4 Å². The molecule has 19 heavy (non-hydrogen) atoms. The summed E-state index contributed by atoms with van der Waals surface area (Å²) in [5, 5.41) is 3.58. The number of ether oxygens (including phenoxy) is 1. The molecule has 0 aromatic rings. The van der Waals surface area contributed by atoms with Crippen LogP contribution < -0.4 is 5.32 Å². The average molecular weight is 264 g/mol. The molecule has 0 bridgehead atoms. The predicted molar refractivity (Wildman–Crippen MR) is 76.2 cm³/mol. The molecule has 0 amide bonds. The minimum atomic E-state index is 0.276. The molecule has 4 aliphatic rings. The number of nitrogens with zero attached hydrogens (tertiary/aromatic N) is 1. The van der Waals surface area contributed by atoms with Crippen LogP contribution in [-0.4, -0.2) is 48.8 Å². The molecule has 3 nitrogen and oxygen atoms in total. The van der Waals surface area contributed by atoms with E-state index in [0.717, 1.165) is 30.5 Å². The highest BCUT2D eigenvalue weighted by molar-refractivity contribution is 5.02. The Labute approximate surface area is 117 Å². The maximum Gasteiger partial charge on any atom is 0.0697 e. The summed E-state index contributed by atoms with van der Waals surface area (Å²) < 4.78 is 6.21. The summed E-state index contributed by atoms with van der Waals surface area (Å²) in [4.78, 5) is 2.85. The number of hydrogen-bond donors (Lipinski definition) is 1. The maximum absolute atomic E-state index is 6.21. The van der Waals surface area contributed by atoms with Crippen molar-refractivity contribution in [3.05, 3.63) is 0 Å². The second-order valence-corrected chi connectivity index (χ2v) is 7.40. The molecular weight excluding hydrogens is 236 g/mol. The molecule has 3 saturated heterocycles. The van der Waals surface area contributed by atoms with Gasteiger partial charge in [0, 0.05) is 25.2 Å². The van der Waals surface area contributed by atoms with Gasteiger partial charge in [-0.3, -0.25) is 4.90 Å². The van der Waals surface area contributed by atoms with Crippen molar-refractivity contribution in [3.63, 3.8) is 0 Å². The van der Waals surface area contributed by atoms with Gasteiger partial charge in [-0.15, -0.1) is 0 Å². The number of hydrogen-bond acceptors (Lipinski definition) is 3. The second kappa shape index (κ2) is 4.71. The number of nitrogens with one attached hydrogen (secondary N) is 1. The Morgan fingerprint density at radius 3 is 2.84 bits per heavy atom. The molecule has 4 fully saturated rings. The Hall–Kier alpha value is -0.120. The van der Waals surface area contributed by atoms with E-state index in [1.807, 2.05) is 0 Å². The van der Waals surface area contributed by atoms with Gasteiger partial charge < -0.3 is 10.1 Å². The normalized spacial score (nSPS) is 45.9. The molecule has 4 rings (SSSR count). The van der Waals surface area contributed by atoms with Crippen molar-refractivity contribution >= 4 is 0 Å². The van der Waals surface area contributed by atoms with Crippen LogP contribution in [0.2, 0.25) is 0 Å². The zero-order valence-electron chi connectivity index (χ0n) is 12.2. The summed E-state index contributed by atoms with van der Waals surface area (Å²) in [7, 11) is 0. The van der Waals surface area contributed by atoms with Gasteiger partial charge in [0.15, 0.2) is 0 Å². The van der Waals surface area contributed by atoms with Crippen LogP contribution >= 0.6 is 0 Å². The molecule has 4 atom stereocenters. The van der Waals surface area contributed by atoms with E-state index in [9.17, 15) is 0 Å². The molecule has 3 heterocycles. The highest BCUT2D eigenvalue weighted by Gasteiger charge is 2.48. The Kier molecular flexibility index (Phi) is 3.13. The van der Waals surface area contributed by atoms with Gasteiger partial charge in [0.25, 0.3) is 0 Å². The molecular formula is C16H28N2O. The molecule has 0 aromatic carbocycles. The summed E-state index contributed by atoms with van der Waals surface area (Å²) in [6.07, 6.45) is 7.98. The van der Waals surface area contributed by atoms with Gasteiger partial charge in [0.05, 0.1) is 5.60 Å². The highest BCUT2D eigenvalue weighted by atomic mass is 16.5. The molecule has 4 unspecified atom stereocenters. The Balaban J connectivity index is 1.47. The van der Waals surface area contributed by atoms with Crippen molar-refractivity contribution in [2.24, 2.45) is 11.8 Å². The third kappa shape index (κ3) is 2.05. The summed E-state index contributed by atoms with van der Waals surface area (Å²) in [6.45, 7) is 7.30. The minimum absolute atomic E-state index is 0.276. The van der Waals surface area contributed by atoms with Crippen molar-refractivity contribution in [1.29, 1.82) is 0 Å². The molecule has 3 aliphatic heterocycles. The van der Waals surface area contributed by atoms with Crippen molar-refractivity contribution in [2.45, 2.75) is 63.1 Å². The SMILES string of the molecule is CC1C2CNCC2CN1C1CCOC2(CCCC2)C1. The second-order valence-electron chi connectivity index (χ2n) is 7.40. The van der Waals surface area contributed by atoms with Crippen LogP contribution in [0.4, 0.5) is 0 Å². The number of fused-ring (bicyclic) bond motifs is 1. The van der Waals surface area contributed by atoms with E-state index in [-0.39, 0.29) is 5.60 Å². The number of rotatable bonds is 1. The molecule has 1 spiro atoms. The standard InChI is InChI=1S/C16H28N2O/c1-12-15-10-17-9-13(15)11-18(12)14-4-7-19-16(8-14)5-2-3-6-16/h12-15,17H,2-11H2,1H3. The number of likely N-dealkylation sites (tertiary alicyclic amines) is 1. The van der Waals surface area contributed by atoms with Crippen LogP contribution in [0, 0.1) is 11.8 Å². The average Bonchev–Trinajstić information content (AvgIpc) is 3.09. The van der Waals surface area contributed by atoms with E-state index >= 15 is 0 Å². The van der Waals surface area contributed by atoms with Gasteiger partial charge in [-0.05, 0) is 57.5 Å². The highest BCUT2D eigenvalue weighted by Crippen LogP contribution is 2.43. The third-order valence-corrected chi connectivity index (χ3v) is 6.43. The van der Waals surface area contributed by atoms with Crippen molar-refractivity contribution < 1.29 is 4.74 Å². The zero-order chi connectivity index (χ0) is 12.9. The summed E-state index contributed by atoms with van der Waals surface area (Å²) in [6, 6.07) is 1.58. The zero-order valence-corrected chi connectivity index (χ0v) is 12.2. The van der Waals surface area contributed by atoms with Crippen LogP contribution in [0.25, 0.3) is 0 Å². The molecule has 108 valence electrons. The fraction of sp³-hybridized carbons (Fsp3) is 1.00. The Morgan fingerprint density at radius 1 is 1.21 bits per heavy atom. The van der Waals surface area contributed by atoms with Gasteiger partial charge in [-0.25, -0.2) is 0 Å². The lowest BCUT2D eigenvalue weighted by atomic mass is 9.87. The van der Waals surface area contributed by atoms with E-state index < -0.39 is 0 Å². The molecule has 1 aliphatic carbocycles. The lowest BCUT2D eigenvalue weighted by Gasteiger charge is -2.43. The van der Waals surface area contributed by atoms with E-state index in [1.165, 1.54) is 58.2 Å². The van der Waals surface area contributed by atoms with Crippen LogP contribution in [-0.2, 0) is 4.74 Å². The van der Waals surface area contributed by atoms with Gasteiger partial charge >= 0.3 is 0 Å². The molecule has 1 N–H and O–H groups in total. The smallest absolute Gasteiger partial charge is 0.0697 e. The van der Waals surface area contributed by atoms with Gasteiger partial charge in [0.2, 0.25) is 0 Å². The fourth-order valence-corrected chi connectivity index (χ4v) is 5.34. The third-order valence-electron chi connectivity index (χ3n) is 6.43. The van der Waals surface area contributed by atoms with E-state index in [0.29, 0.717) is 0 Å². The van der Waals surface area contributed by atoms with Crippen LogP contribution in [0.3, 0.4) is 0 Å². The quantitative estimate of drug-likeness (QED) is 0.784. The van der Waals surface area contributed by atoms with E-state index in [1.54, 1.807) is 0 Å². The fourth-order valence-electron chi connectivity index (χ4n) is 5.34. The first-order valence-corrected chi connectivity index (χ1v) is 8.38. The molecule has 0 radical (unpaired) electrons. The summed E-state index contributed by atoms with van der Waals surface area (Å²) in [5.74, 6) is 1.82. The Morgan fingerprint density at radius 2 is 2.05 bits per heavy atom. The molecule has 3 heteroatoms. The van der Waals surface area contributed by atoms with Crippen molar-refractivity contribution in [2.75, 3.05) is 26.2 Å². The predicted octanol–water partition coefficient (Wildman–Crippen LogP) is 2.02. The van der Waals surface area contributed by atoms with E-state index in [2.05, 4.69) is 17.1 Å². The lowest BCUT2D eigenvalue weighted by Crippen LogP contribution is -2.49. The van der Waals surface area contributed by atoms with Crippen molar-refractivity contribution in [1.82, 2.24) is 10.2 Å². The first-order valence-electron chi connectivity index (χ1n) is 8.38. The van der Waals surface area contributed by atoms with Crippen LogP contribution in [0.5, 0.6) is 0 Å². The van der Waals surface area contributed by atoms with Crippen molar-refractivity contribution in [3.8, 4) is 0 Å². The topological polar surface area (TPSA) is 24.5 Å². The largest absolute Gasteiger partial charge is 0.375 e.